The van der Waals surface area contributed by atoms with E-state index < -0.39 is 10.7 Å². The van der Waals surface area contributed by atoms with Crippen LogP contribution in [0.5, 0.6) is 0 Å². The summed E-state index contributed by atoms with van der Waals surface area (Å²) in [4.78, 5) is 13.5. The van der Waals surface area contributed by atoms with E-state index in [-0.39, 0.29) is 6.61 Å². The third kappa shape index (κ3) is 21.5. The second-order valence-electron chi connectivity index (χ2n) is 7.25. The average Bonchev–Trinajstić information content (AvgIpc) is 2.64. The first-order valence-corrected chi connectivity index (χ1v) is 11.6. The molecule has 0 aromatic heterocycles. The van der Waals surface area contributed by atoms with Crippen molar-refractivity contribution in [1.82, 2.24) is 0 Å². The van der Waals surface area contributed by atoms with Gasteiger partial charge in [0.2, 0.25) is 0 Å². The predicted octanol–water partition coefficient (Wildman–Crippen LogP) is 6.90. The molecule has 0 bridgehead atoms. The molecule has 0 atom stereocenters. The van der Waals surface area contributed by atoms with Crippen LogP contribution in [0.1, 0.15) is 97.8 Å². The maximum atomic E-state index is 11.0. The Balaban J connectivity index is 0. The number of hydrogen-bond donors (Lipinski definition) is 2. The second kappa shape index (κ2) is 20.9. The first-order valence-electron chi connectivity index (χ1n) is 10.4. The highest BCUT2D eigenvalue weighted by Crippen LogP contribution is 2.28. The maximum Gasteiger partial charge on any atom is 0.319 e. The lowest BCUT2D eigenvalue weighted by Gasteiger charge is -2.18. The number of thioether (sulfide) groups is 1. The fourth-order valence-corrected chi connectivity index (χ4v) is 3.99. The first kappa shape index (κ1) is 29.4. The van der Waals surface area contributed by atoms with Gasteiger partial charge in [-0.15, -0.1) is 11.8 Å². The van der Waals surface area contributed by atoms with Gasteiger partial charge in [0.1, 0.15) is 4.75 Å². The normalized spacial score (nSPS) is 10.6. The van der Waals surface area contributed by atoms with Crippen molar-refractivity contribution < 1.29 is 15.0 Å². The third-order valence-electron chi connectivity index (χ3n) is 4.10. The van der Waals surface area contributed by atoms with Crippen LogP contribution in [0.15, 0.2) is 5.11 Å². The lowest BCUT2D eigenvalue weighted by molar-refractivity contribution is -0.138. The molecule has 0 rings (SSSR count). The van der Waals surface area contributed by atoms with Gasteiger partial charge in [0.15, 0.2) is 0 Å². The number of carbonyl (C=O) groups is 1. The van der Waals surface area contributed by atoms with E-state index >= 15 is 0 Å². The van der Waals surface area contributed by atoms with Gasteiger partial charge >= 0.3 is 5.97 Å². The van der Waals surface area contributed by atoms with E-state index in [9.17, 15) is 4.79 Å². The lowest BCUT2D eigenvalue weighted by atomic mass is 10.1. The van der Waals surface area contributed by atoms with E-state index in [1.807, 2.05) is 0 Å². The number of unbranched alkanes of at least 4 members (excludes halogenated alkanes) is 9. The molecule has 6 nitrogen and oxygen atoms in total. The zero-order chi connectivity index (χ0) is 21.7. The minimum absolute atomic E-state index is 0.0962. The highest BCUT2D eigenvalue weighted by molar-refractivity contribution is 8.24. The number of aliphatic carboxylic acids is 1. The van der Waals surface area contributed by atoms with Crippen molar-refractivity contribution in [3.05, 3.63) is 10.4 Å². The first-order chi connectivity index (χ1) is 13.3. The molecule has 164 valence electrons. The molecule has 0 fully saturated rings. The number of rotatable bonds is 16. The molecular formula is C20H39N3O3S2. The smallest absolute Gasteiger partial charge is 0.319 e. The SMILES string of the molecule is CCCCCCCCCCCCC(=S)SC(C)(C)C(=O)O.[N-]=[N+]=NCCCO. The molecule has 0 aromatic rings. The van der Waals surface area contributed by atoms with Crippen LogP contribution in [0, 0.1) is 0 Å². The standard InChI is InChI=1S/C17H32O2S2.C3H7N3O/c1-4-5-6-7-8-9-10-11-12-13-14-15(20)21-17(2,3)16(18)19;4-6-5-2-1-3-7/h4-14H2,1-3H3,(H,18,19);7H,1-3H2. The predicted molar refractivity (Wildman–Crippen MR) is 124 cm³/mol. The van der Waals surface area contributed by atoms with Crippen molar-refractivity contribution in [3.8, 4) is 0 Å². The van der Waals surface area contributed by atoms with E-state index in [4.69, 9.17) is 28.0 Å². The Hall–Kier alpha value is -0.820. The quantitative estimate of drug-likeness (QED) is 0.0905. The van der Waals surface area contributed by atoms with Gasteiger partial charge in [0, 0.05) is 22.3 Å². The van der Waals surface area contributed by atoms with Crippen molar-refractivity contribution >= 4 is 34.1 Å². The minimum Gasteiger partial charge on any atom is -0.480 e. The van der Waals surface area contributed by atoms with Crippen LogP contribution in [0.25, 0.3) is 10.4 Å². The van der Waals surface area contributed by atoms with Crippen molar-refractivity contribution in [1.29, 1.82) is 0 Å². The summed E-state index contributed by atoms with van der Waals surface area (Å²) in [7, 11) is 0. The molecule has 0 saturated carbocycles. The number of carboxylic acids is 1. The van der Waals surface area contributed by atoms with Gasteiger partial charge in [-0.1, -0.05) is 82.0 Å². The Bertz CT molecular complexity index is 454. The zero-order valence-corrected chi connectivity index (χ0v) is 19.5. The molecule has 0 heterocycles. The summed E-state index contributed by atoms with van der Waals surface area (Å²) in [5.74, 6) is -0.794. The van der Waals surface area contributed by atoms with E-state index in [0.717, 1.165) is 17.0 Å². The van der Waals surface area contributed by atoms with Crippen molar-refractivity contribution in [2.75, 3.05) is 13.2 Å². The number of nitrogens with zero attached hydrogens (tertiary/aromatic N) is 3. The maximum absolute atomic E-state index is 11.0. The topological polar surface area (TPSA) is 106 Å². The highest BCUT2D eigenvalue weighted by Gasteiger charge is 2.29. The molecule has 28 heavy (non-hydrogen) atoms. The van der Waals surface area contributed by atoms with Gasteiger partial charge in [-0.25, -0.2) is 0 Å². The van der Waals surface area contributed by atoms with E-state index in [0.29, 0.717) is 13.0 Å². The summed E-state index contributed by atoms with van der Waals surface area (Å²) in [6.07, 6.45) is 14.5. The van der Waals surface area contributed by atoms with E-state index in [1.54, 1.807) is 13.8 Å². The van der Waals surface area contributed by atoms with Crippen LogP contribution in [0.4, 0.5) is 0 Å². The highest BCUT2D eigenvalue weighted by atomic mass is 32.2. The Morgan fingerprint density at radius 2 is 1.54 bits per heavy atom. The van der Waals surface area contributed by atoms with Crippen LogP contribution in [0.3, 0.4) is 0 Å². The molecule has 0 radical (unpaired) electrons. The average molecular weight is 434 g/mol. The summed E-state index contributed by atoms with van der Waals surface area (Å²) in [5, 5.41) is 20.3. The fourth-order valence-electron chi connectivity index (χ4n) is 2.32. The van der Waals surface area contributed by atoms with Gasteiger partial charge in [-0.2, -0.15) is 0 Å². The molecule has 0 amide bonds. The molecule has 0 aliphatic heterocycles. The number of carboxylic acid groups (broad SMARTS) is 1. The zero-order valence-electron chi connectivity index (χ0n) is 17.9. The molecule has 0 aliphatic rings. The number of thiocarbonyl (C=S) groups is 1. The lowest BCUT2D eigenvalue weighted by Crippen LogP contribution is -2.28. The van der Waals surface area contributed by atoms with Crippen LogP contribution in [-0.4, -0.2) is 38.3 Å². The summed E-state index contributed by atoms with van der Waals surface area (Å²) in [6, 6.07) is 0. The summed E-state index contributed by atoms with van der Waals surface area (Å²) in [6.45, 7) is 6.17. The van der Waals surface area contributed by atoms with Crippen LogP contribution in [0.2, 0.25) is 0 Å². The Morgan fingerprint density at radius 1 is 1.04 bits per heavy atom. The Kier molecular flexibility index (Phi) is 21.9. The van der Waals surface area contributed by atoms with Gasteiger partial charge in [0.25, 0.3) is 0 Å². The van der Waals surface area contributed by atoms with Crippen LogP contribution in [-0.2, 0) is 4.79 Å². The summed E-state index contributed by atoms with van der Waals surface area (Å²) in [5.41, 5.74) is 7.67. The molecule has 8 heteroatoms. The largest absolute Gasteiger partial charge is 0.480 e. The Labute approximate surface area is 180 Å². The number of hydrogen-bond acceptors (Lipinski definition) is 5. The molecule has 2 N–H and O–H groups in total. The van der Waals surface area contributed by atoms with E-state index in [1.165, 1.54) is 69.5 Å². The van der Waals surface area contributed by atoms with Crippen molar-refractivity contribution in [3.63, 3.8) is 0 Å². The molecular weight excluding hydrogens is 394 g/mol. The van der Waals surface area contributed by atoms with Gasteiger partial charge in [-0.3, -0.25) is 4.79 Å². The van der Waals surface area contributed by atoms with Gasteiger partial charge in [-0.05, 0) is 38.6 Å². The molecule has 0 saturated heterocycles. The van der Waals surface area contributed by atoms with Gasteiger partial charge < -0.3 is 10.2 Å². The van der Waals surface area contributed by atoms with Gasteiger partial charge in [0.05, 0.1) is 0 Å². The number of aliphatic hydroxyl groups is 1. The molecule has 0 unspecified atom stereocenters. The number of azide groups is 1. The third-order valence-corrected chi connectivity index (χ3v) is 5.67. The monoisotopic (exact) mass is 433 g/mol. The van der Waals surface area contributed by atoms with Crippen molar-refractivity contribution in [2.45, 2.75) is 103 Å². The molecule has 0 spiro atoms. The van der Waals surface area contributed by atoms with Crippen molar-refractivity contribution in [2.24, 2.45) is 5.11 Å². The minimum atomic E-state index is -0.796. The van der Waals surface area contributed by atoms with E-state index in [2.05, 4.69) is 16.9 Å². The number of aliphatic hydroxyl groups excluding tert-OH is 1. The summed E-state index contributed by atoms with van der Waals surface area (Å²) < 4.78 is 0.0391. The Morgan fingerprint density at radius 3 is 1.96 bits per heavy atom. The van der Waals surface area contributed by atoms with Crippen LogP contribution >= 0.6 is 24.0 Å². The fraction of sp³-hybridized carbons (Fsp3) is 0.900. The summed E-state index contributed by atoms with van der Waals surface area (Å²) >= 11 is 6.60. The second-order valence-corrected chi connectivity index (χ2v) is 9.72. The molecule has 0 aliphatic carbocycles. The van der Waals surface area contributed by atoms with Crippen LogP contribution < -0.4 is 0 Å². The molecule has 0 aromatic carbocycles.